The molecule has 0 radical (unpaired) electrons. The monoisotopic (exact) mass is 557 g/mol. The molecule has 4 rings (SSSR count). The van der Waals surface area contributed by atoms with Gasteiger partial charge in [-0.15, -0.1) is 0 Å². The number of aromatic nitrogens is 2. The van der Waals surface area contributed by atoms with Crippen LogP contribution in [0.5, 0.6) is 0 Å². The highest BCUT2D eigenvalue weighted by Crippen LogP contribution is 2.46. The van der Waals surface area contributed by atoms with Crippen molar-refractivity contribution >= 4 is 26.9 Å². The first-order valence-corrected chi connectivity index (χ1v) is 12.7. The molecular weight excluding hydrogens is 534 g/mol. The molecule has 0 saturated heterocycles. The Balaban J connectivity index is 1.74. The number of halogens is 5. The van der Waals surface area contributed by atoms with Crippen LogP contribution in [0.3, 0.4) is 0 Å². The van der Waals surface area contributed by atoms with Crippen LogP contribution in [0.4, 0.5) is 17.6 Å². The van der Waals surface area contributed by atoms with Crippen molar-refractivity contribution in [1.29, 1.82) is 0 Å². The molecular formula is C24H24BrF4N3OS. The summed E-state index contributed by atoms with van der Waals surface area (Å²) in [5, 5.41) is 4.59. The van der Waals surface area contributed by atoms with Gasteiger partial charge < -0.3 is 0 Å². The maximum Gasteiger partial charge on any atom is 0.416 e. The van der Waals surface area contributed by atoms with E-state index in [0.717, 1.165) is 30.5 Å². The van der Waals surface area contributed by atoms with E-state index in [-0.39, 0.29) is 16.9 Å². The second-order valence-electron chi connectivity index (χ2n) is 9.38. The molecule has 3 aromatic rings. The largest absolute Gasteiger partial charge is 0.416 e. The lowest BCUT2D eigenvalue weighted by molar-refractivity contribution is -0.137. The smallest absolute Gasteiger partial charge is 0.259 e. The lowest BCUT2D eigenvalue weighted by atomic mass is 9.98. The van der Waals surface area contributed by atoms with Crippen LogP contribution in [-0.2, 0) is 22.7 Å². The molecule has 1 fully saturated rings. The Morgan fingerprint density at radius 1 is 1.12 bits per heavy atom. The van der Waals surface area contributed by atoms with Crippen LogP contribution < -0.4 is 4.72 Å². The summed E-state index contributed by atoms with van der Waals surface area (Å²) in [4.78, 5) is 0.246. The van der Waals surface area contributed by atoms with E-state index in [2.05, 4.69) is 25.8 Å². The zero-order valence-corrected chi connectivity index (χ0v) is 21.2. The van der Waals surface area contributed by atoms with E-state index in [1.54, 1.807) is 12.3 Å². The van der Waals surface area contributed by atoms with Crippen molar-refractivity contribution in [3.05, 3.63) is 70.1 Å². The van der Waals surface area contributed by atoms with Crippen molar-refractivity contribution in [2.24, 2.45) is 5.92 Å². The molecule has 1 saturated carbocycles. The molecule has 0 bridgehead atoms. The van der Waals surface area contributed by atoms with Crippen LogP contribution >= 0.6 is 15.9 Å². The first-order valence-electron chi connectivity index (χ1n) is 10.8. The second-order valence-corrected chi connectivity index (χ2v) is 11.5. The van der Waals surface area contributed by atoms with Gasteiger partial charge in [0, 0.05) is 15.6 Å². The Hall–Kier alpha value is -2.04. The van der Waals surface area contributed by atoms with E-state index < -0.39 is 34.1 Å². The van der Waals surface area contributed by atoms with Crippen LogP contribution in [-0.4, -0.2) is 14.0 Å². The number of hydrogen-bond acceptors (Lipinski definition) is 2. The van der Waals surface area contributed by atoms with Crippen LogP contribution in [0, 0.1) is 11.7 Å². The van der Waals surface area contributed by atoms with Crippen molar-refractivity contribution in [3.63, 3.8) is 0 Å². The molecule has 4 nitrogen and oxygen atoms in total. The van der Waals surface area contributed by atoms with Crippen LogP contribution in [0.2, 0.25) is 0 Å². The highest BCUT2D eigenvalue weighted by atomic mass is 79.9. The lowest BCUT2D eigenvalue weighted by Crippen LogP contribution is -2.27. The molecule has 2 unspecified atom stereocenters. The molecule has 0 aliphatic heterocycles. The third-order valence-corrected chi connectivity index (χ3v) is 7.53. The third-order valence-electron chi connectivity index (χ3n) is 5.67. The van der Waals surface area contributed by atoms with E-state index >= 15 is 0 Å². The van der Waals surface area contributed by atoms with Crippen molar-refractivity contribution in [2.45, 2.75) is 56.3 Å². The minimum absolute atomic E-state index is 0.183. The van der Waals surface area contributed by atoms with Gasteiger partial charge in [-0.25, -0.2) is 13.3 Å². The molecule has 0 amide bonds. The van der Waals surface area contributed by atoms with Crippen LogP contribution in [0.25, 0.3) is 11.3 Å². The summed E-state index contributed by atoms with van der Waals surface area (Å²) < 4.78 is 71.7. The fourth-order valence-electron chi connectivity index (χ4n) is 3.84. The summed E-state index contributed by atoms with van der Waals surface area (Å²) in [6.45, 7) is 5.96. The maximum atomic E-state index is 14.2. The van der Waals surface area contributed by atoms with Gasteiger partial charge in [0.25, 0.3) is 0 Å². The summed E-state index contributed by atoms with van der Waals surface area (Å²) in [5.74, 6) is -0.211. The average molecular weight is 558 g/mol. The van der Waals surface area contributed by atoms with E-state index in [1.807, 2.05) is 25.5 Å². The van der Waals surface area contributed by atoms with Crippen molar-refractivity contribution in [2.75, 3.05) is 0 Å². The van der Waals surface area contributed by atoms with Gasteiger partial charge in [0.1, 0.15) is 16.8 Å². The van der Waals surface area contributed by atoms with Gasteiger partial charge in [0.05, 0.1) is 33.9 Å². The Bertz CT molecular complexity index is 1210. The van der Waals surface area contributed by atoms with Gasteiger partial charge in [-0.05, 0) is 82.0 Å². The van der Waals surface area contributed by atoms with Gasteiger partial charge in [-0.1, -0.05) is 15.9 Å². The molecule has 2 aromatic carbocycles. The Morgan fingerprint density at radius 3 is 2.32 bits per heavy atom. The molecule has 2 atom stereocenters. The molecule has 0 spiro atoms. The molecule has 182 valence electrons. The molecule has 10 heteroatoms. The zero-order chi connectivity index (χ0) is 24.8. The minimum atomic E-state index is -4.46. The summed E-state index contributed by atoms with van der Waals surface area (Å²) >= 11 is 3.52. The second kappa shape index (κ2) is 9.20. The van der Waals surface area contributed by atoms with E-state index in [1.165, 1.54) is 24.3 Å². The van der Waals surface area contributed by atoms with Crippen LogP contribution in [0.1, 0.15) is 50.8 Å². The quantitative estimate of drug-likeness (QED) is 0.332. The summed E-state index contributed by atoms with van der Waals surface area (Å²) in [6.07, 6.45) is -0.935. The minimum Gasteiger partial charge on any atom is -0.259 e. The number of alkyl halides is 3. The highest BCUT2D eigenvalue weighted by molar-refractivity contribution is 9.10. The molecule has 1 aliphatic carbocycles. The number of nitrogens with zero attached hydrogens (tertiary/aromatic N) is 2. The predicted molar refractivity (Wildman–Crippen MR) is 127 cm³/mol. The summed E-state index contributed by atoms with van der Waals surface area (Å²) in [7, 11) is -1.76. The molecule has 34 heavy (non-hydrogen) atoms. The molecule has 1 heterocycles. The number of hydrogen-bond donors (Lipinski definition) is 1. The highest BCUT2D eigenvalue weighted by Gasteiger charge is 2.38. The van der Waals surface area contributed by atoms with E-state index in [9.17, 15) is 21.8 Å². The Morgan fingerprint density at radius 2 is 1.76 bits per heavy atom. The van der Waals surface area contributed by atoms with Crippen molar-refractivity contribution in [3.8, 4) is 11.3 Å². The molecule has 1 aromatic heterocycles. The summed E-state index contributed by atoms with van der Waals surface area (Å²) in [5.41, 5.74) is 0.878. The zero-order valence-electron chi connectivity index (χ0n) is 18.8. The van der Waals surface area contributed by atoms with Crippen LogP contribution in [0.15, 0.2) is 58.0 Å². The predicted octanol–water partition coefficient (Wildman–Crippen LogP) is 6.99. The standard InChI is InChI=1S/C24H24BrF4N3OS/c1-23(2,3)32-22(18-12-16(26)8-11-20(18)25)19(13-30-32)21(14-4-5-14)31-34(33)17-9-6-15(7-10-17)24(27,28)29/h6-14,21,31H,4-5H2,1-3H3. The Kier molecular flexibility index (Phi) is 6.78. The molecule has 1 aliphatic rings. The normalized spacial score (nSPS) is 16.5. The first-order chi connectivity index (χ1) is 15.9. The average Bonchev–Trinajstić information content (AvgIpc) is 3.50. The summed E-state index contributed by atoms with van der Waals surface area (Å²) in [6, 6.07) is 8.35. The maximum absolute atomic E-state index is 14.2. The Labute approximate surface area is 206 Å². The van der Waals surface area contributed by atoms with E-state index in [4.69, 9.17) is 0 Å². The van der Waals surface area contributed by atoms with Gasteiger partial charge in [0.2, 0.25) is 0 Å². The van der Waals surface area contributed by atoms with Gasteiger partial charge >= 0.3 is 6.18 Å². The van der Waals surface area contributed by atoms with Gasteiger partial charge in [-0.2, -0.15) is 18.3 Å². The van der Waals surface area contributed by atoms with Gasteiger partial charge in [-0.3, -0.25) is 4.68 Å². The third kappa shape index (κ3) is 5.28. The number of benzene rings is 2. The fraction of sp³-hybridized carbons (Fsp3) is 0.375. The van der Waals surface area contributed by atoms with E-state index in [0.29, 0.717) is 15.7 Å². The van der Waals surface area contributed by atoms with Crippen molar-refractivity contribution < 1.29 is 21.8 Å². The molecule has 1 N–H and O–H groups in total. The number of nitrogens with one attached hydrogen (secondary N) is 1. The van der Waals surface area contributed by atoms with Crippen molar-refractivity contribution in [1.82, 2.24) is 14.5 Å². The first kappa shape index (κ1) is 25.1. The topological polar surface area (TPSA) is 46.9 Å². The lowest BCUT2D eigenvalue weighted by Gasteiger charge is -2.25. The SMILES string of the molecule is CC(C)(C)n1ncc(C(NS(=O)c2ccc(C(F)(F)F)cc2)C2CC2)c1-c1cc(F)ccc1Br. The fourth-order valence-corrected chi connectivity index (χ4v) is 5.34. The van der Waals surface area contributed by atoms with Gasteiger partial charge in [0.15, 0.2) is 0 Å². The number of rotatable bonds is 6.